The van der Waals surface area contributed by atoms with Crippen molar-refractivity contribution in [2.24, 2.45) is 4.99 Å². The van der Waals surface area contributed by atoms with Crippen LogP contribution in [0.4, 0.5) is 4.32 Å². The highest BCUT2D eigenvalue weighted by Crippen LogP contribution is 2.27. The minimum Gasteiger partial charge on any atom is -0.484 e. The first-order chi connectivity index (χ1) is 24.0. The molecule has 49 heavy (non-hydrogen) atoms. The van der Waals surface area contributed by atoms with E-state index >= 15 is 0 Å². The largest absolute Gasteiger partial charge is 0.495 e. The normalized spacial score (nSPS) is 12.9. The number of carbonyl (C=O) groups excluding carboxylic acids is 2. The Hall–Kier alpha value is -4.55. The number of rotatable bonds is 22. The van der Waals surface area contributed by atoms with Crippen LogP contribution in [-0.4, -0.2) is 101 Å². The van der Waals surface area contributed by atoms with Crippen LogP contribution in [-0.2, 0) is 23.8 Å². The van der Waals surface area contributed by atoms with Crippen molar-refractivity contribution in [3.05, 3.63) is 82.3 Å². The van der Waals surface area contributed by atoms with Gasteiger partial charge in [0, 0.05) is 44.6 Å². The molecule has 2 aromatic heterocycles. The van der Waals surface area contributed by atoms with Crippen LogP contribution in [0, 0.1) is 11.3 Å². The van der Waals surface area contributed by atoms with Gasteiger partial charge in [-0.3, -0.25) is 9.59 Å². The zero-order valence-electron chi connectivity index (χ0n) is 27.5. The Morgan fingerprint density at radius 2 is 1.76 bits per heavy atom. The summed E-state index contributed by atoms with van der Waals surface area (Å²) in [6, 6.07) is 16.7. The van der Waals surface area contributed by atoms with E-state index in [0.29, 0.717) is 83.9 Å². The number of halogens is 1. The van der Waals surface area contributed by atoms with Crippen molar-refractivity contribution in [2.75, 3.05) is 66.4 Å². The summed E-state index contributed by atoms with van der Waals surface area (Å²) in [4.78, 5) is 31.8. The molecule has 0 saturated heterocycles. The van der Waals surface area contributed by atoms with Crippen LogP contribution in [0.3, 0.4) is 0 Å². The second kappa shape index (κ2) is 20.7. The number of allylic oxidation sites excluding steroid dienone is 2. The molecule has 3 aromatic rings. The van der Waals surface area contributed by atoms with Crippen LogP contribution in [0.15, 0.2) is 76.8 Å². The van der Waals surface area contributed by atoms with Crippen molar-refractivity contribution in [2.45, 2.75) is 19.3 Å². The molecule has 0 spiro atoms. The number of hydrogen-bond donors (Lipinski definition) is 1. The summed E-state index contributed by atoms with van der Waals surface area (Å²) in [7, 11) is 2.06. The first kappa shape index (κ1) is 37.3. The van der Waals surface area contributed by atoms with Crippen LogP contribution in [0.2, 0.25) is 0 Å². The van der Waals surface area contributed by atoms with E-state index in [4.69, 9.17) is 24.2 Å². The Kier molecular flexibility index (Phi) is 15.8. The van der Waals surface area contributed by atoms with Gasteiger partial charge in [-0.05, 0) is 84.5 Å². The molecule has 0 atom stereocenters. The van der Waals surface area contributed by atoms with Gasteiger partial charge in [-0.2, -0.15) is 5.26 Å². The number of unbranched alkanes of at least 4 members (excludes halogenated alkanes) is 1. The van der Waals surface area contributed by atoms with Gasteiger partial charge in [0.05, 0.1) is 55.3 Å². The zero-order chi connectivity index (χ0) is 34.7. The molecule has 0 unspecified atom stereocenters. The number of likely N-dealkylation sites (N-methyl/N-ethyl adjacent to an activating group) is 1. The second-order valence-corrected chi connectivity index (χ2v) is 11.8. The minimum absolute atomic E-state index is 0.0971. The monoisotopic (exact) mass is 688 g/mol. The van der Waals surface area contributed by atoms with Gasteiger partial charge in [0.15, 0.2) is 6.61 Å². The average Bonchev–Trinajstić information content (AvgIpc) is 3.89. The van der Waals surface area contributed by atoms with Crippen LogP contribution in [0.5, 0.6) is 5.75 Å². The Balaban J connectivity index is 1.11. The molecule has 1 radical (unpaired) electrons. The van der Waals surface area contributed by atoms with Crippen LogP contribution in [0.1, 0.15) is 29.8 Å². The number of hydrogen-bond acceptors (Lipinski definition) is 9. The fraction of sp³-hybridized carbons (Fsp3) is 0.371. The van der Waals surface area contributed by atoms with Crippen molar-refractivity contribution in [1.29, 1.82) is 5.26 Å². The molecule has 0 aliphatic carbocycles. The summed E-state index contributed by atoms with van der Waals surface area (Å²) in [6.45, 7) is 2.96. The highest BCUT2D eigenvalue weighted by molar-refractivity contribution is 7.12. The SMILES string of the molecule is CN(CC(=O)NCCCOCCOCCOCCCC#N)C(=O)COc1ccc(-c2ccc(/C=C3/C=CC(c4cccs4)=N3)n2[B]F)cc1. The number of ether oxygens (including phenoxy) is 4. The Morgan fingerprint density at radius 3 is 2.45 bits per heavy atom. The smallest absolute Gasteiger partial charge is 0.484 e. The lowest BCUT2D eigenvalue weighted by Gasteiger charge is -2.17. The van der Waals surface area contributed by atoms with Gasteiger partial charge in [-0.25, -0.2) is 4.99 Å². The standard InChI is InChI=1S/C35H40BFN5O6S/c1-41(25-34(43)39-16-5-18-46-20-22-47-21-19-45-17-3-2-15-38)35(44)26-48-30-11-7-27(8-12-30)32-14-10-29(42(32)36-37)24-28-9-13-31(40-28)33-6-4-23-49-33/h4,6-14,23-24H,2-3,5,16-22,25-26H2,1H3,(H,39,43)/b28-24-. The third kappa shape index (κ3) is 12.4. The number of nitrogens with one attached hydrogen (secondary N) is 1. The molecule has 1 aromatic carbocycles. The summed E-state index contributed by atoms with van der Waals surface area (Å²) >= 11 is 1.61. The molecule has 14 heteroatoms. The number of benzene rings is 1. The number of aliphatic imine (C=N–C) groups is 1. The third-order valence-corrected chi connectivity index (χ3v) is 8.10. The van der Waals surface area contributed by atoms with Gasteiger partial charge in [0.25, 0.3) is 5.91 Å². The number of nitriles is 1. The maximum atomic E-state index is 14.0. The number of carbonyl (C=O) groups is 2. The predicted molar refractivity (Wildman–Crippen MR) is 188 cm³/mol. The molecule has 0 saturated carbocycles. The van der Waals surface area contributed by atoms with Crippen LogP contribution >= 0.6 is 11.3 Å². The van der Waals surface area contributed by atoms with Gasteiger partial charge in [-0.1, -0.05) is 6.07 Å². The van der Waals surface area contributed by atoms with Crippen molar-refractivity contribution in [3.8, 4) is 23.1 Å². The Labute approximate surface area is 290 Å². The summed E-state index contributed by atoms with van der Waals surface area (Å²) < 4.78 is 37.4. The Morgan fingerprint density at radius 1 is 1.02 bits per heavy atom. The molecular weight excluding hydrogens is 648 g/mol. The summed E-state index contributed by atoms with van der Waals surface area (Å²) in [5.41, 5.74) is 3.67. The molecule has 257 valence electrons. The van der Waals surface area contributed by atoms with Gasteiger partial charge < -0.3 is 38.0 Å². The summed E-state index contributed by atoms with van der Waals surface area (Å²) in [5, 5.41) is 13.2. The van der Waals surface area contributed by atoms with E-state index in [1.165, 1.54) is 9.38 Å². The highest BCUT2D eigenvalue weighted by atomic mass is 32.1. The average molecular weight is 689 g/mol. The highest BCUT2D eigenvalue weighted by Gasteiger charge is 2.15. The number of nitrogens with zero attached hydrogens (tertiary/aromatic N) is 4. The number of aromatic nitrogens is 1. The second-order valence-electron chi connectivity index (χ2n) is 10.9. The minimum atomic E-state index is -0.348. The van der Waals surface area contributed by atoms with Crippen molar-refractivity contribution >= 4 is 42.6 Å². The molecule has 1 N–H and O–H groups in total. The molecule has 11 nitrogen and oxygen atoms in total. The lowest BCUT2D eigenvalue weighted by Crippen LogP contribution is -2.40. The first-order valence-electron chi connectivity index (χ1n) is 16.0. The van der Waals surface area contributed by atoms with Gasteiger partial charge >= 0.3 is 7.69 Å². The molecule has 1 aliphatic rings. The van der Waals surface area contributed by atoms with E-state index in [9.17, 15) is 13.9 Å². The maximum Gasteiger partial charge on any atom is 0.495 e. The molecule has 2 amide bonds. The topological polar surface area (TPSA) is 127 Å². The number of amides is 2. The van der Waals surface area contributed by atoms with E-state index in [1.807, 2.05) is 47.9 Å². The molecule has 0 fully saturated rings. The van der Waals surface area contributed by atoms with Crippen LogP contribution in [0.25, 0.3) is 17.3 Å². The maximum absolute atomic E-state index is 14.0. The van der Waals surface area contributed by atoms with Gasteiger partial charge in [0.1, 0.15) is 5.75 Å². The first-order valence-corrected chi connectivity index (χ1v) is 16.9. The molecule has 3 heterocycles. The molecular formula is C35H40BFN5O6S. The molecule has 4 rings (SSSR count). The summed E-state index contributed by atoms with van der Waals surface area (Å²) in [6.07, 6.45) is 7.52. The van der Waals surface area contributed by atoms with E-state index in [2.05, 4.69) is 16.4 Å². The lowest BCUT2D eigenvalue weighted by atomic mass is 10.1. The quantitative estimate of drug-likeness (QED) is 0.120. The van der Waals surface area contributed by atoms with Crippen molar-refractivity contribution in [3.63, 3.8) is 0 Å². The molecule has 0 bridgehead atoms. The number of thiophene rings is 1. The fourth-order valence-electron chi connectivity index (χ4n) is 4.63. The van der Waals surface area contributed by atoms with E-state index in [-0.39, 0.29) is 25.0 Å². The van der Waals surface area contributed by atoms with Gasteiger partial charge in [-0.15, -0.1) is 11.3 Å². The lowest BCUT2D eigenvalue weighted by molar-refractivity contribution is -0.136. The van der Waals surface area contributed by atoms with E-state index in [1.54, 1.807) is 42.6 Å². The summed E-state index contributed by atoms with van der Waals surface area (Å²) in [5.74, 6) is -0.156. The zero-order valence-corrected chi connectivity index (χ0v) is 28.3. The predicted octanol–water partition coefficient (Wildman–Crippen LogP) is 4.67. The van der Waals surface area contributed by atoms with Gasteiger partial charge in [0.2, 0.25) is 5.91 Å². The Bertz CT molecular complexity index is 1620. The molecule has 1 aliphatic heterocycles. The van der Waals surface area contributed by atoms with Crippen molar-refractivity contribution in [1.82, 2.24) is 14.7 Å². The van der Waals surface area contributed by atoms with E-state index < -0.39 is 0 Å². The van der Waals surface area contributed by atoms with Crippen LogP contribution < -0.4 is 10.1 Å². The van der Waals surface area contributed by atoms with E-state index in [0.717, 1.165) is 28.3 Å². The third-order valence-electron chi connectivity index (χ3n) is 7.21. The fourth-order valence-corrected chi connectivity index (χ4v) is 5.33. The van der Waals surface area contributed by atoms with Crippen molar-refractivity contribution < 1.29 is 32.9 Å².